The summed E-state index contributed by atoms with van der Waals surface area (Å²) in [6.45, 7) is 2.16. The fraction of sp³-hybridized carbons (Fsp3) is 0.571. The molecule has 0 bridgehead atoms. The maximum absolute atomic E-state index is 13.1. The average Bonchev–Trinajstić information content (AvgIpc) is 2.84. The van der Waals surface area contributed by atoms with Crippen molar-refractivity contribution in [2.75, 3.05) is 18.4 Å². The van der Waals surface area contributed by atoms with Gasteiger partial charge in [0.25, 0.3) is 5.69 Å². The number of nitro benzene ring substituents is 1. The molecule has 1 aromatic carbocycles. The van der Waals surface area contributed by atoms with Crippen molar-refractivity contribution in [3.05, 3.63) is 34.1 Å². The molecule has 0 aliphatic carbocycles. The normalized spacial score (nSPS) is 26.2. The summed E-state index contributed by atoms with van der Waals surface area (Å²) >= 11 is 0. The summed E-state index contributed by atoms with van der Waals surface area (Å²) in [4.78, 5) is 12.9. The van der Waals surface area contributed by atoms with Crippen LogP contribution in [0.25, 0.3) is 0 Å². The van der Waals surface area contributed by atoms with E-state index in [-0.39, 0.29) is 11.7 Å². The summed E-state index contributed by atoms with van der Waals surface area (Å²) in [6, 6.07) is 4.39. The number of benzene rings is 1. The van der Waals surface area contributed by atoms with Crippen LogP contribution in [0.3, 0.4) is 0 Å². The van der Waals surface area contributed by atoms with Gasteiger partial charge in [-0.15, -0.1) is 0 Å². The molecular formula is C14H18FN3O2. The van der Waals surface area contributed by atoms with Gasteiger partial charge in [-0.05, 0) is 37.9 Å². The highest BCUT2D eigenvalue weighted by atomic mass is 19.1. The summed E-state index contributed by atoms with van der Waals surface area (Å²) in [5, 5.41) is 14.3. The van der Waals surface area contributed by atoms with Crippen LogP contribution in [0.1, 0.15) is 25.7 Å². The Morgan fingerprint density at radius 2 is 2.15 bits per heavy atom. The molecule has 0 unspecified atom stereocenters. The third-order valence-corrected chi connectivity index (χ3v) is 4.35. The van der Waals surface area contributed by atoms with Gasteiger partial charge in [-0.1, -0.05) is 6.42 Å². The van der Waals surface area contributed by atoms with E-state index in [2.05, 4.69) is 10.2 Å². The molecule has 3 rings (SSSR count). The van der Waals surface area contributed by atoms with E-state index in [9.17, 15) is 14.5 Å². The van der Waals surface area contributed by atoms with Gasteiger partial charge in [-0.2, -0.15) is 0 Å². The third-order valence-electron chi connectivity index (χ3n) is 4.35. The lowest BCUT2D eigenvalue weighted by molar-refractivity contribution is -0.384. The molecular weight excluding hydrogens is 261 g/mol. The SMILES string of the molecule is O=[N+]([O-])c1cc(F)ccc1N[C@@H]1CCN2CCCC[C@@H]12. The van der Waals surface area contributed by atoms with Crippen LogP contribution in [0.15, 0.2) is 18.2 Å². The highest BCUT2D eigenvalue weighted by molar-refractivity contribution is 5.62. The van der Waals surface area contributed by atoms with E-state index in [1.165, 1.54) is 25.0 Å². The van der Waals surface area contributed by atoms with Gasteiger partial charge >= 0.3 is 0 Å². The van der Waals surface area contributed by atoms with Gasteiger partial charge in [-0.25, -0.2) is 4.39 Å². The summed E-state index contributed by atoms with van der Waals surface area (Å²) in [5.41, 5.74) is 0.244. The van der Waals surface area contributed by atoms with Crippen molar-refractivity contribution in [1.29, 1.82) is 0 Å². The monoisotopic (exact) mass is 279 g/mol. The van der Waals surface area contributed by atoms with Crippen LogP contribution < -0.4 is 5.32 Å². The zero-order chi connectivity index (χ0) is 14.1. The quantitative estimate of drug-likeness (QED) is 0.682. The van der Waals surface area contributed by atoms with Crippen LogP contribution in [0.4, 0.5) is 15.8 Å². The molecule has 2 heterocycles. The molecule has 0 saturated carbocycles. The van der Waals surface area contributed by atoms with Crippen LogP contribution in [-0.4, -0.2) is 35.0 Å². The van der Waals surface area contributed by atoms with E-state index < -0.39 is 10.7 Å². The molecule has 0 aromatic heterocycles. The molecule has 1 N–H and O–H groups in total. The molecule has 108 valence electrons. The Kier molecular flexibility index (Phi) is 3.56. The first-order valence-corrected chi connectivity index (χ1v) is 7.09. The lowest BCUT2D eigenvalue weighted by Gasteiger charge is -2.32. The fourth-order valence-electron chi connectivity index (χ4n) is 3.39. The van der Waals surface area contributed by atoms with E-state index in [4.69, 9.17) is 0 Å². The molecule has 0 amide bonds. The average molecular weight is 279 g/mol. The van der Waals surface area contributed by atoms with E-state index in [1.54, 1.807) is 0 Å². The van der Waals surface area contributed by atoms with Crippen LogP contribution in [0, 0.1) is 15.9 Å². The van der Waals surface area contributed by atoms with Crippen LogP contribution in [0.5, 0.6) is 0 Å². The van der Waals surface area contributed by atoms with Gasteiger partial charge in [-0.3, -0.25) is 15.0 Å². The predicted octanol–water partition coefficient (Wildman–Crippen LogP) is 2.77. The highest BCUT2D eigenvalue weighted by Crippen LogP contribution is 2.32. The lowest BCUT2D eigenvalue weighted by Crippen LogP contribution is -2.41. The molecule has 0 spiro atoms. The van der Waals surface area contributed by atoms with Crippen LogP contribution in [0.2, 0.25) is 0 Å². The number of nitrogens with zero attached hydrogens (tertiary/aromatic N) is 2. The van der Waals surface area contributed by atoms with Crippen molar-refractivity contribution < 1.29 is 9.31 Å². The number of rotatable bonds is 3. The topological polar surface area (TPSA) is 58.4 Å². The van der Waals surface area contributed by atoms with Crippen molar-refractivity contribution in [2.45, 2.75) is 37.8 Å². The summed E-state index contributed by atoms with van der Waals surface area (Å²) < 4.78 is 13.1. The van der Waals surface area contributed by atoms with Gasteiger partial charge in [0, 0.05) is 18.6 Å². The lowest BCUT2D eigenvalue weighted by atomic mass is 9.99. The van der Waals surface area contributed by atoms with E-state index in [1.807, 2.05) is 0 Å². The molecule has 2 fully saturated rings. The number of piperidine rings is 1. The predicted molar refractivity (Wildman–Crippen MR) is 74.3 cm³/mol. The zero-order valence-electron chi connectivity index (χ0n) is 11.2. The highest BCUT2D eigenvalue weighted by Gasteiger charge is 2.36. The Balaban J connectivity index is 1.79. The first-order valence-electron chi connectivity index (χ1n) is 7.09. The fourth-order valence-corrected chi connectivity index (χ4v) is 3.39. The van der Waals surface area contributed by atoms with E-state index in [0.717, 1.165) is 32.0 Å². The summed E-state index contributed by atoms with van der Waals surface area (Å²) in [6.07, 6.45) is 4.57. The van der Waals surface area contributed by atoms with Gasteiger partial charge in [0.05, 0.1) is 11.0 Å². The minimum atomic E-state index is -0.576. The maximum atomic E-state index is 13.1. The Morgan fingerprint density at radius 3 is 2.95 bits per heavy atom. The smallest absolute Gasteiger partial charge is 0.295 e. The Hall–Kier alpha value is -1.69. The summed E-state index contributed by atoms with van der Waals surface area (Å²) in [7, 11) is 0. The molecule has 2 aliphatic rings. The second-order valence-electron chi connectivity index (χ2n) is 5.56. The molecule has 2 aliphatic heterocycles. The second-order valence-corrected chi connectivity index (χ2v) is 5.56. The Morgan fingerprint density at radius 1 is 1.30 bits per heavy atom. The number of hydrogen-bond donors (Lipinski definition) is 1. The number of nitrogens with one attached hydrogen (secondary N) is 1. The van der Waals surface area contributed by atoms with Crippen molar-refractivity contribution >= 4 is 11.4 Å². The number of nitro groups is 1. The first-order chi connectivity index (χ1) is 9.65. The minimum Gasteiger partial charge on any atom is -0.375 e. The number of anilines is 1. The Bertz CT molecular complexity index is 523. The zero-order valence-corrected chi connectivity index (χ0v) is 11.2. The number of fused-ring (bicyclic) bond motifs is 1. The van der Waals surface area contributed by atoms with Crippen molar-refractivity contribution in [3.8, 4) is 0 Å². The van der Waals surface area contributed by atoms with Gasteiger partial charge < -0.3 is 5.32 Å². The number of hydrogen-bond acceptors (Lipinski definition) is 4. The van der Waals surface area contributed by atoms with E-state index >= 15 is 0 Å². The third kappa shape index (κ3) is 2.47. The van der Waals surface area contributed by atoms with Crippen molar-refractivity contribution in [3.63, 3.8) is 0 Å². The van der Waals surface area contributed by atoms with Crippen LogP contribution >= 0.6 is 0 Å². The molecule has 1 aromatic rings. The summed E-state index contributed by atoms with van der Waals surface area (Å²) in [5.74, 6) is -0.576. The molecule has 2 atom stereocenters. The van der Waals surface area contributed by atoms with Gasteiger partial charge in [0.15, 0.2) is 0 Å². The number of halogens is 1. The van der Waals surface area contributed by atoms with E-state index in [0.29, 0.717) is 11.7 Å². The van der Waals surface area contributed by atoms with Crippen LogP contribution in [-0.2, 0) is 0 Å². The van der Waals surface area contributed by atoms with Crippen molar-refractivity contribution in [2.24, 2.45) is 0 Å². The molecule has 6 heteroatoms. The molecule has 20 heavy (non-hydrogen) atoms. The minimum absolute atomic E-state index is 0.181. The molecule has 0 radical (unpaired) electrons. The second kappa shape index (κ2) is 5.36. The molecule has 5 nitrogen and oxygen atoms in total. The Labute approximate surface area is 116 Å². The van der Waals surface area contributed by atoms with Gasteiger partial charge in [0.2, 0.25) is 0 Å². The largest absolute Gasteiger partial charge is 0.375 e. The standard InChI is InChI=1S/C14H18FN3O2/c15-10-4-5-11(14(9-10)18(19)20)16-12-6-8-17-7-2-1-3-13(12)17/h4-5,9,12-13,16H,1-3,6-8H2/t12-,13+/m1/s1. The molecule has 2 saturated heterocycles. The maximum Gasteiger partial charge on any atom is 0.295 e. The van der Waals surface area contributed by atoms with Gasteiger partial charge in [0.1, 0.15) is 11.5 Å². The van der Waals surface area contributed by atoms with Crippen molar-refractivity contribution in [1.82, 2.24) is 4.90 Å². The first kappa shape index (κ1) is 13.3.